The zero-order valence-electron chi connectivity index (χ0n) is 14.4. The van der Waals surface area contributed by atoms with Gasteiger partial charge in [0, 0.05) is 19.0 Å². The Morgan fingerprint density at radius 3 is 2.56 bits per heavy atom. The highest BCUT2D eigenvalue weighted by Gasteiger charge is 2.19. The highest BCUT2D eigenvalue weighted by Crippen LogP contribution is 2.15. The molecule has 25 heavy (non-hydrogen) atoms. The van der Waals surface area contributed by atoms with Crippen LogP contribution in [0.4, 0.5) is 0 Å². The van der Waals surface area contributed by atoms with E-state index in [-0.39, 0.29) is 17.3 Å². The molecule has 0 fully saturated rings. The second kappa shape index (κ2) is 8.39. The van der Waals surface area contributed by atoms with Crippen LogP contribution in [-0.4, -0.2) is 48.5 Å². The van der Waals surface area contributed by atoms with Crippen molar-refractivity contribution in [3.05, 3.63) is 40.3 Å². The first-order valence-corrected chi connectivity index (χ1v) is 7.90. The fourth-order valence-corrected chi connectivity index (χ4v) is 2.25. The molecular weight excluding hydrogens is 326 g/mol. The molecule has 1 heterocycles. The first kappa shape index (κ1) is 18.6. The Hall–Kier alpha value is -2.74. The Balaban J connectivity index is 2.24. The number of methoxy groups -OCH3 is 1. The summed E-state index contributed by atoms with van der Waals surface area (Å²) in [6.45, 7) is 3.85. The number of nitrogens with zero attached hydrogens (tertiary/aromatic N) is 2. The third-order valence-electron chi connectivity index (χ3n) is 3.47. The maximum atomic E-state index is 12.4. The molecule has 2 rings (SSSR count). The van der Waals surface area contributed by atoms with Crippen LogP contribution in [0, 0.1) is 0 Å². The summed E-state index contributed by atoms with van der Waals surface area (Å²) in [7, 11) is 1.52. The molecule has 0 spiro atoms. The quantitative estimate of drug-likeness (QED) is 0.590. The van der Waals surface area contributed by atoms with Gasteiger partial charge in [-0.15, -0.1) is 0 Å². The van der Waals surface area contributed by atoms with E-state index in [1.165, 1.54) is 11.8 Å². The minimum atomic E-state index is -0.757. The maximum Gasteiger partial charge on any atom is 0.359 e. The van der Waals surface area contributed by atoms with Gasteiger partial charge in [-0.3, -0.25) is 9.59 Å². The Kier molecular flexibility index (Phi) is 6.24. The molecule has 1 N–H and O–H groups in total. The zero-order chi connectivity index (χ0) is 18.4. The molecule has 0 bridgehead atoms. The summed E-state index contributed by atoms with van der Waals surface area (Å²) in [4.78, 5) is 36.4. The molecule has 1 amide bonds. The number of fused-ring (bicyclic) bond motifs is 1. The third-order valence-corrected chi connectivity index (χ3v) is 3.47. The van der Waals surface area contributed by atoms with Crippen molar-refractivity contribution in [2.24, 2.45) is 0 Å². The van der Waals surface area contributed by atoms with Gasteiger partial charge in [0.05, 0.1) is 18.0 Å². The van der Waals surface area contributed by atoms with Gasteiger partial charge in [0.25, 0.3) is 11.5 Å². The predicted molar refractivity (Wildman–Crippen MR) is 91.6 cm³/mol. The van der Waals surface area contributed by atoms with Crippen molar-refractivity contribution in [2.75, 3.05) is 26.9 Å². The molecule has 8 heteroatoms. The van der Waals surface area contributed by atoms with Crippen LogP contribution < -0.4 is 10.9 Å². The minimum Gasteiger partial charge on any atom is -0.451 e. The van der Waals surface area contributed by atoms with Gasteiger partial charge in [-0.1, -0.05) is 18.2 Å². The monoisotopic (exact) mass is 347 g/mol. The number of amides is 1. The second-order valence-electron chi connectivity index (χ2n) is 5.66. The molecule has 1 aromatic heterocycles. The molecule has 1 aromatic carbocycles. The SMILES string of the molecule is COCCNC(=O)COC(=O)c1nn(C(C)C)c(=O)c2ccccc12. The van der Waals surface area contributed by atoms with Gasteiger partial charge in [-0.05, 0) is 19.9 Å². The van der Waals surface area contributed by atoms with Crippen LogP contribution in [0.2, 0.25) is 0 Å². The smallest absolute Gasteiger partial charge is 0.359 e. The van der Waals surface area contributed by atoms with Crippen molar-refractivity contribution in [1.29, 1.82) is 0 Å². The number of hydrogen-bond donors (Lipinski definition) is 1. The van der Waals surface area contributed by atoms with Crippen molar-refractivity contribution in [3.63, 3.8) is 0 Å². The lowest BCUT2D eigenvalue weighted by Crippen LogP contribution is -2.32. The van der Waals surface area contributed by atoms with Crippen molar-refractivity contribution in [1.82, 2.24) is 15.1 Å². The first-order valence-electron chi connectivity index (χ1n) is 7.90. The van der Waals surface area contributed by atoms with Crippen LogP contribution in [-0.2, 0) is 14.3 Å². The van der Waals surface area contributed by atoms with Gasteiger partial charge in [0.15, 0.2) is 12.3 Å². The van der Waals surface area contributed by atoms with Crippen molar-refractivity contribution < 1.29 is 19.1 Å². The van der Waals surface area contributed by atoms with Gasteiger partial charge in [-0.25, -0.2) is 9.48 Å². The van der Waals surface area contributed by atoms with E-state index in [0.717, 1.165) is 0 Å². The zero-order valence-corrected chi connectivity index (χ0v) is 14.4. The summed E-state index contributed by atoms with van der Waals surface area (Å²) >= 11 is 0. The minimum absolute atomic E-state index is 0.00796. The fourth-order valence-electron chi connectivity index (χ4n) is 2.25. The molecule has 2 aromatic rings. The molecule has 0 saturated carbocycles. The Morgan fingerprint density at radius 2 is 1.92 bits per heavy atom. The fraction of sp³-hybridized carbons (Fsp3) is 0.412. The van der Waals surface area contributed by atoms with E-state index in [2.05, 4.69) is 10.4 Å². The summed E-state index contributed by atoms with van der Waals surface area (Å²) in [6, 6.07) is 6.46. The highest BCUT2D eigenvalue weighted by molar-refractivity contribution is 6.02. The number of benzene rings is 1. The molecular formula is C17H21N3O5. The standard InChI is InChI=1S/C17H21N3O5/c1-11(2)20-16(22)13-7-5-4-6-12(13)15(19-20)17(23)25-10-14(21)18-8-9-24-3/h4-7,11H,8-10H2,1-3H3,(H,18,21). The Morgan fingerprint density at radius 1 is 1.24 bits per heavy atom. The van der Waals surface area contributed by atoms with E-state index in [1.807, 2.05) is 0 Å². The van der Waals surface area contributed by atoms with Gasteiger partial charge >= 0.3 is 5.97 Å². The van der Waals surface area contributed by atoms with E-state index in [9.17, 15) is 14.4 Å². The highest BCUT2D eigenvalue weighted by atomic mass is 16.5. The third kappa shape index (κ3) is 4.42. The van der Waals surface area contributed by atoms with Crippen LogP contribution in [0.5, 0.6) is 0 Å². The number of rotatable bonds is 7. The molecule has 0 unspecified atom stereocenters. The summed E-state index contributed by atoms with van der Waals surface area (Å²) < 4.78 is 11.1. The Labute approximate surface area is 144 Å². The van der Waals surface area contributed by atoms with E-state index in [0.29, 0.717) is 23.9 Å². The topological polar surface area (TPSA) is 99.5 Å². The number of hydrogen-bond acceptors (Lipinski definition) is 6. The van der Waals surface area contributed by atoms with Crippen molar-refractivity contribution >= 4 is 22.6 Å². The van der Waals surface area contributed by atoms with Gasteiger partial charge in [-0.2, -0.15) is 5.10 Å². The summed E-state index contributed by atoms with van der Waals surface area (Å²) in [5.41, 5.74) is -0.270. The van der Waals surface area contributed by atoms with Crippen LogP contribution >= 0.6 is 0 Å². The number of aromatic nitrogens is 2. The molecule has 8 nitrogen and oxygen atoms in total. The number of nitrogens with one attached hydrogen (secondary N) is 1. The molecule has 0 aliphatic rings. The van der Waals surface area contributed by atoms with Gasteiger partial charge in [0.1, 0.15) is 0 Å². The lowest BCUT2D eigenvalue weighted by Gasteiger charge is -2.13. The van der Waals surface area contributed by atoms with Crippen LogP contribution in [0.25, 0.3) is 10.8 Å². The molecule has 134 valence electrons. The molecule has 0 radical (unpaired) electrons. The molecule has 0 aliphatic carbocycles. The van der Waals surface area contributed by atoms with E-state index in [4.69, 9.17) is 9.47 Å². The number of carbonyl (C=O) groups excluding carboxylic acids is 2. The van der Waals surface area contributed by atoms with Crippen molar-refractivity contribution in [2.45, 2.75) is 19.9 Å². The maximum absolute atomic E-state index is 12.4. The Bertz CT molecular complexity index is 829. The summed E-state index contributed by atoms with van der Waals surface area (Å²) in [5.74, 6) is -1.20. The lowest BCUT2D eigenvalue weighted by atomic mass is 10.1. The van der Waals surface area contributed by atoms with E-state index >= 15 is 0 Å². The largest absolute Gasteiger partial charge is 0.451 e. The lowest BCUT2D eigenvalue weighted by molar-refractivity contribution is -0.124. The second-order valence-corrected chi connectivity index (χ2v) is 5.66. The molecule has 0 saturated heterocycles. The number of ether oxygens (including phenoxy) is 2. The van der Waals surface area contributed by atoms with E-state index in [1.54, 1.807) is 38.1 Å². The van der Waals surface area contributed by atoms with Crippen LogP contribution in [0.3, 0.4) is 0 Å². The first-order chi connectivity index (χ1) is 12.0. The molecule has 0 atom stereocenters. The van der Waals surface area contributed by atoms with Gasteiger partial charge in [0.2, 0.25) is 0 Å². The van der Waals surface area contributed by atoms with Crippen LogP contribution in [0.15, 0.2) is 29.1 Å². The van der Waals surface area contributed by atoms with Crippen LogP contribution in [0.1, 0.15) is 30.4 Å². The number of carbonyl (C=O) groups is 2. The van der Waals surface area contributed by atoms with E-state index < -0.39 is 18.5 Å². The number of esters is 1. The normalized spacial score (nSPS) is 10.9. The van der Waals surface area contributed by atoms with Gasteiger partial charge < -0.3 is 14.8 Å². The van der Waals surface area contributed by atoms with Crippen molar-refractivity contribution in [3.8, 4) is 0 Å². The average Bonchev–Trinajstić information content (AvgIpc) is 2.60. The predicted octanol–water partition coefficient (Wildman–Crippen LogP) is 0.897. The average molecular weight is 347 g/mol. The summed E-state index contributed by atoms with van der Waals surface area (Å²) in [6.07, 6.45) is 0. The summed E-state index contributed by atoms with van der Waals surface area (Å²) in [5, 5.41) is 7.46. The molecule has 0 aliphatic heterocycles.